The fraction of sp³-hybridized carbons (Fsp3) is 0.417. The largest absolute Gasteiger partial charge is 0.240 e. The number of fused-ring (bicyclic) bond motifs is 1. The molecule has 2 aromatic rings. The smallest absolute Gasteiger partial charge is 0.230 e. The molecule has 0 atom stereocenters. The minimum absolute atomic E-state index is 0.133. The number of hydrogen-bond donors (Lipinski definition) is 1. The molecule has 1 N–H and O–H groups in total. The van der Waals surface area contributed by atoms with Gasteiger partial charge in [-0.2, -0.15) is 0 Å². The molecule has 0 unspecified atom stereocenters. The second-order valence-corrected chi connectivity index (χ2v) is 8.69. The Kier molecular flexibility index (Phi) is 3.55. The number of thioether (sulfide) groups is 1. The van der Waals surface area contributed by atoms with Crippen LogP contribution < -0.4 is 4.72 Å². The van der Waals surface area contributed by atoms with Crippen LogP contribution in [0.1, 0.15) is 19.8 Å². The highest BCUT2D eigenvalue weighted by Gasteiger charge is 2.28. The number of aromatic nitrogens is 1. The Hall–Kier alpha value is -0.630. The number of hydrogen-bond acceptors (Lipinski definition) is 5. The van der Waals surface area contributed by atoms with Gasteiger partial charge in [0.05, 0.1) is 15.1 Å². The maximum absolute atomic E-state index is 12.1. The molecule has 19 heavy (non-hydrogen) atoms. The number of nitrogens with one attached hydrogen (secondary N) is 1. The molecule has 1 fully saturated rings. The fourth-order valence-electron chi connectivity index (χ4n) is 1.72. The zero-order valence-corrected chi connectivity index (χ0v) is 12.9. The Morgan fingerprint density at radius 2 is 2.26 bits per heavy atom. The Labute approximate surface area is 120 Å². The highest BCUT2D eigenvalue weighted by atomic mass is 32.2. The van der Waals surface area contributed by atoms with Crippen molar-refractivity contribution in [3.63, 3.8) is 0 Å². The van der Waals surface area contributed by atoms with E-state index in [1.165, 1.54) is 0 Å². The van der Waals surface area contributed by atoms with Crippen LogP contribution in [0.2, 0.25) is 0 Å². The maximum Gasteiger partial charge on any atom is 0.240 e. The van der Waals surface area contributed by atoms with E-state index in [4.69, 9.17) is 0 Å². The molecule has 1 aromatic carbocycles. The Bertz CT molecular complexity index is 705. The Balaban J connectivity index is 1.95. The van der Waals surface area contributed by atoms with Crippen LogP contribution in [-0.4, -0.2) is 25.2 Å². The molecule has 0 bridgehead atoms. The second kappa shape index (κ2) is 5.05. The van der Waals surface area contributed by atoms with Crippen LogP contribution >= 0.6 is 23.1 Å². The average Bonchev–Trinajstić information content (AvgIpc) is 3.06. The summed E-state index contributed by atoms with van der Waals surface area (Å²) < 4.78 is 28.9. The van der Waals surface area contributed by atoms with E-state index in [-0.39, 0.29) is 6.04 Å². The molecule has 3 rings (SSSR count). The summed E-state index contributed by atoms with van der Waals surface area (Å²) in [6.45, 7) is 2.08. The summed E-state index contributed by atoms with van der Waals surface area (Å²) in [6, 6.07) is 5.27. The van der Waals surface area contributed by atoms with Gasteiger partial charge in [0.15, 0.2) is 4.34 Å². The molecule has 4 nitrogen and oxygen atoms in total. The summed E-state index contributed by atoms with van der Waals surface area (Å²) in [5.41, 5.74) is 0.867. The topological polar surface area (TPSA) is 59.1 Å². The van der Waals surface area contributed by atoms with Crippen molar-refractivity contribution in [2.75, 3.05) is 5.75 Å². The standard InChI is InChI=1S/C12H14N2O2S3/c1-2-17-12-13-10-6-5-9(7-11(10)18-12)19(15,16)14-8-3-4-8/h5-8,14H,2-4H2,1H3. The van der Waals surface area contributed by atoms with Crippen LogP contribution in [0.4, 0.5) is 0 Å². The summed E-state index contributed by atoms with van der Waals surface area (Å²) in [4.78, 5) is 4.80. The SMILES string of the molecule is CCSc1nc2ccc(S(=O)(=O)NC3CC3)cc2s1. The summed E-state index contributed by atoms with van der Waals surface area (Å²) in [6.07, 6.45) is 1.89. The van der Waals surface area contributed by atoms with Crippen molar-refractivity contribution in [2.24, 2.45) is 0 Å². The zero-order valence-electron chi connectivity index (χ0n) is 10.4. The third kappa shape index (κ3) is 2.94. The summed E-state index contributed by atoms with van der Waals surface area (Å²) >= 11 is 3.22. The van der Waals surface area contributed by atoms with E-state index in [0.29, 0.717) is 4.90 Å². The monoisotopic (exact) mass is 314 g/mol. The molecule has 102 valence electrons. The zero-order chi connectivity index (χ0) is 13.5. The molecule has 1 aromatic heterocycles. The quantitative estimate of drug-likeness (QED) is 0.862. The fourth-order valence-corrected chi connectivity index (χ4v) is 5.13. The van der Waals surface area contributed by atoms with Crippen LogP contribution in [0.3, 0.4) is 0 Å². The Morgan fingerprint density at radius 1 is 1.47 bits per heavy atom. The van der Waals surface area contributed by atoms with Gasteiger partial charge in [-0.1, -0.05) is 18.7 Å². The van der Waals surface area contributed by atoms with Gasteiger partial charge in [-0.05, 0) is 36.8 Å². The van der Waals surface area contributed by atoms with Gasteiger partial charge in [-0.25, -0.2) is 18.1 Å². The highest BCUT2D eigenvalue weighted by molar-refractivity contribution is 8.01. The van der Waals surface area contributed by atoms with Gasteiger partial charge in [0.2, 0.25) is 10.0 Å². The molecule has 7 heteroatoms. The average molecular weight is 314 g/mol. The molecule has 1 aliphatic rings. The molecule has 0 saturated heterocycles. The molecule has 1 aliphatic carbocycles. The van der Waals surface area contributed by atoms with Crippen LogP contribution in [0, 0.1) is 0 Å². The van der Waals surface area contributed by atoms with Crippen molar-refractivity contribution in [3.8, 4) is 0 Å². The second-order valence-electron chi connectivity index (χ2n) is 4.44. The van der Waals surface area contributed by atoms with Gasteiger partial charge in [0.1, 0.15) is 0 Å². The Morgan fingerprint density at radius 3 is 2.95 bits per heavy atom. The molecule has 0 radical (unpaired) electrons. The lowest BCUT2D eigenvalue weighted by Gasteiger charge is -2.04. The molecule has 1 heterocycles. The summed E-state index contributed by atoms with van der Waals surface area (Å²) in [5.74, 6) is 0.966. The molecule has 0 aliphatic heterocycles. The first-order valence-electron chi connectivity index (χ1n) is 6.14. The van der Waals surface area contributed by atoms with Crippen molar-refractivity contribution in [3.05, 3.63) is 18.2 Å². The molecule has 0 spiro atoms. The molecular formula is C12H14N2O2S3. The van der Waals surface area contributed by atoms with Gasteiger partial charge >= 0.3 is 0 Å². The van der Waals surface area contributed by atoms with Gasteiger partial charge < -0.3 is 0 Å². The number of benzene rings is 1. The van der Waals surface area contributed by atoms with E-state index in [2.05, 4.69) is 16.6 Å². The first-order chi connectivity index (χ1) is 9.08. The van der Waals surface area contributed by atoms with Crippen molar-refractivity contribution in [1.29, 1.82) is 0 Å². The number of thiazole rings is 1. The minimum Gasteiger partial charge on any atom is -0.230 e. The molecule has 1 saturated carbocycles. The van der Waals surface area contributed by atoms with Gasteiger partial charge in [-0.3, -0.25) is 0 Å². The minimum atomic E-state index is -3.37. The van der Waals surface area contributed by atoms with Crippen LogP contribution in [0.15, 0.2) is 27.4 Å². The van der Waals surface area contributed by atoms with E-state index in [9.17, 15) is 8.42 Å². The lowest BCUT2D eigenvalue weighted by atomic mass is 10.3. The third-order valence-electron chi connectivity index (χ3n) is 2.82. The first-order valence-corrected chi connectivity index (χ1v) is 9.43. The normalized spacial score (nSPS) is 16.1. The lowest BCUT2D eigenvalue weighted by Crippen LogP contribution is -2.25. The lowest BCUT2D eigenvalue weighted by molar-refractivity contribution is 0.581. The van der Waals surface area contributed by atoms with E-state index in [1.807, 2.05) is 0 Å². The van der Waals surface area contributed by atoms with Crippen LogP contribution in [-0.2, 0) is 10.0 Å². The first kappa shape index (κ1) is 13.4. The molecule has 0 amide bonds. The highest BCUT2D eigenvalue weighted by Crippen LogP contribution is 2.31. The predicted molar refractivity (Wildman–Crippen MR) is 79.4 cm³/mol. The van der Waals surface area contributed by atoms with Crippen molar-refractivity contribution in [2.45, 2.75) is 35.0 Å². The third-order valence-corrected chi connectivity index (χ3v) is 6.38. The van der Waals surface area contributed by atoms with Gasteiger partial charge in [0, 0.05) is 6.04 Å². The van der Waals surface area contributed by atoms with E-state index in [1.54, 1.807) is 41.3 Å². The number of sulfonamides is 1. The van der Waals surface area contributed by atoms with Gasteiger partial charge in [-0.15, -0.1) is 11.3 Å². The summed E-state index contributed by atoms with van der Waals surface area (Å²) in [5, 5.41) is 0. The summed E-state index contributed by atoms with van der Waals surface area (Å²) in [7, 11) is -3.37. The van der Waals surface area contributed by atoms with Crippen molar-refractivity contribution in [1.82, 2.24) is 9.71 Å². The van der Waals surface area contributed by atoms with E-state index >= 15 is 0 Å². The number of nitrogens with zero attached hydrogens (tertiary/aromatic N) is 1. The molecular weight excluding hydrogens is 300 g/mol. The van der Waals surface area contributed by atoms with E-state index in [0.717, 1.165) is 33.2 Å². The predicted octanol–water partition coefficient (Wildman–Crippen LogP) is 2.85. The van der Waals surface area contributed by atoms with Gasteiger partial charge in [0.25, 0.3) is 0 Å². The van der Waals surface area contributed by atoms with Crippen molar-refractivity contribution >= 4 is 43.3 Å². The van der Waals surface area contributed by atoms with E-state index < -0.39 is 10.0 Å². The van der Waals surface area contributed by atoms with Crippen LogP contribution in [0.25, 0.3) is 10.2 Å². The van der Waals surface area contributed by atoms with Crippen LogP contribution in [0.5, 0.6) is 0 Å². The van der Waals surface area contributed by atoms with Crippen molar-refractivity contribution < 1.29 is 8.42 Å². The maximum atomic E-state index is 12.1. The number of rotatable bonds is 5.